The van der Waals surface area contributed by atoms with Crippen molar-refractivity contribution < 1.29 is 23.1 Å². The summed E-state index contributed by atoms with van der Waals surface area (Å²) < 4.78 is 29.5. The van der Waals surface area contributed by atoms with Gasteiger partial charge in [0.05, 0.1) is 7.11 Å². The van der Waals surface area contributed by atoms with Gasteiger partial charge in [-0.05, 0) is 24.1 Å². The van der Waals surface area contributed by atoms with Crippen LogP contribution in [0.5, 0.6) is 11.5 Å². The average Bonchev–Trinajstić information content (AvgIpc) is 2.61. The fourth-order valence-electron chi connectivity index (χ4n) is 2.50. The summed E-state index contributed by atoms with van der Waals surface area (Å²) in [6.45, 7) is 3.65. The molecule has 2 rings (SSSR count). The van der Waals surface area contributed by atoms with Crippen molar-refractivity contribution in [1.82, 2.24) is 0 Å². The van der Waals surface area contributed by atoms with E-state index in [1.807, 2.05) is 0 Å². The zero-order valence-corrected chi connectivity index (χ0v) is 15.4. The molecule has 136 valence electrons. The maximum absolute atomic E-state index is 12.7. The number of hydrogen-bond donors (Lipinski definition) is 1. The number of hydrogen-bond acceptors (Lipinski definition) is 5. The second-order valence-corrected chi connectivity index (χ2v) is 7.64. The van der Waals surface area contributed by atoms with E-state index in [0.29, 0.717) is 11.1 Å². The molecule has 5 nitrogen and oxygen atoms in total. The van der Waals surface area contributed by atoms with Gasteiger partial charge in [0, 0.05) is 17.4 Å². The van der Waals surface area contributed by atoms with Crippen molar-refractivity contribution in [3.63, 3.8) is 0 Å². The number of ether oxygens (including phenoxy) is 1. The van der Waals surface area contributed by atoms with Crippen LogP contribution in [-0.2, 0) is 16.3 Å². The Morgan fingerprint density at radius 2 is 1.85 bits per heavy atom. The minimum Gasteiger partial charge on any atom is -0.504 e. The Hall–Kier alpha value is -2.86. The summed E-state index contributed by atoms with van der Waals surface area (Å²) in [5.74, 6) is -0.455. The average molecular weight is 372 g/mol. The number of carbonyl (C=O) groups is 1. The van der Waals surface area contributed by atoms with Crippen molar-refractivity contribution in [2.24, 2.45) is 0 Å². The zero-order valence-electron chi connectivity index (χ0n) is 14.6. The molecule has 0 aliphatic carbocycles. The van der Waals surface area contributed by atoms with Crippen LogP contribution in [0.1, 0.15) is 21.5 Å². The van der Waals surface area contributed by atoms with E-state index >= 15 is 0 Å². The molecule has 2 aromatic rings. The third-order valence-electron chi connectivity index (χ3n) is 3.80. The molecule has 0 amide bonds. The molecule has 26 heavy (non-hydrogen) atoms. The van der Waals surface area contributed by atoms with Gasteiger partial charge in [-0.25, -0.2) is 8.42 Å². The highest BCUT2D eigenvalue weighted by atomic mass is 32.2. The summed E-state index contributed by atoms with van der Waals surface area (Å²) >= 11 is 0. The first kappa shape index (κ1) is 19.5. The lowest BCUT2D eigenvalue weighted by Crippen LogP contribution is -2.12. The molecule has 0 heterocycles. The first-order chi connectivity index (χ1) is 12.3. The van der Waals surface area contributed by atoms with E-state index in [4.69, 9.17) is 4.74 Å². The van der Waals surface area contributed by atoms with Gasteiger partial charge in [-0.3, -0.25) is 4.79 Å². The highest BCUT2D eigenvalue weighted by molar-refractivity contribution is 7.95. The van der Waals surface area contributed by atoms with Crippen LogP contribution < -0.4 is 4.74 Å². The molecule has 0 aromatic heterocycles. The number of sulfone groups is 1. The van der Waals surface area contributed by atoms with Crippen molar-refractivity contribution in [2.45, 2.75) is 6.42 Å². The Kier molecular flexibility index (Phi) is 6.00. The molecule has 0 atom stereocenters. The van der Waals surface area contributed by atoms with E-state index < -0.39 is 15.6 Å². The summed E-state index contributed by atoms with van der Waals surface area (Å²) in [6, 6.07) is 11.3. The molecule has 0 aliphatic rings. The molecule has 0 aliphatic heterocycles. The molecular formula is C20H20O5S. The highest BCUT2D eigenvalue weighted by Gasteiger charge is 2.23. The van der Waals surface area contributed by atoms with Crippen LogP contribution in [0.2, 0.25) is 0 Å². The van der Waals surface area contributed by atoms with E-state index in [0.717, 1.165) is 6.26 Å². The van der Waals surface area contributed by atoms with E-state index in [2.05, 4.69) is 6.58 Å². The van der Waals surface area contributed by atoms with Crippen molar-refractivity contribution >= 4 is 21.7 Å². The molecule has 0 spiro atoms. The molecular weight excluding hydrogens is 352 g/mol. The quantitative estimate of drug-likeness (QED) is 0.458. The highest BCUT2D eigenvalue weighted by Crippen LogP contribution is 2.34. The van der Waals surface area contributed by atoms with Gasteiger partial charge in [0.15, 0.2) is 21.3 Å². The Balaban J connectivity index is 2.67. The Bertz CT molecular complexity index is 957. The number of ketones is 1. The van der Waals surface area contributed by atoms with Gasteiger partial charge < -0.3 is 9.84 Å². The minimum atomic E-state index is -3.80. The number of Topliss-reactive ketones (excluding diaryl/α,β-unsaturated/α-hetero) is 1. The number of aromatic hydroxyl groups is 1. The molecule has 2 aromatic carbocycles. The Morgan fingerprint density at radius 1 is 1.19 bits per heavy atom. The van der Waals surface area contributed by atoms with Crippen LogP contribution in [0, 0.1) is 0 Å². The van der Waals surface area contributed by atoms with Crippen LogP contribution in [0.3, 0.4) is 0 Å². The maximum Gasteiger partial charge on any atom is 0.204 e. The first-order valence-electron chi connectivity index (χ1n) is 7.80. The topological polar surface area (TPSA) is 80.7 Å². The van der Waals surface area contributed by atoms with Crippen LogP contribution in [0.4, 0.5) is 0 Å². The smallest absolute Gasteiger partial charge is 0.204 e. The lowest BCUT2D eigenvalue weighted by atomic mass is 10.0. The molecule has 0 unspecified atom stereocenters. The fourth-order valence-corrected chi connectivity index (χ4v) is 3.30. The van der Waals surface area contributed by atoms with E-state index in [9.17, 15) is 18.3 Å². The number of methoxy groups -OCH3 is 1. The number of rotatable bonds is 7. The van der Waals surface area contributed by atoms with Gasteiger partial charge in [-0.1, -0.05) is 42.5 Å². The lowest BCUT2D eigenvalue weighted by molar-refractivity contribution is 0.104. The van der Waals surface area contributed by atoms with Crippen LogP contribution >= 0.6 is 0 Å². The summed E-state index contributed by atoms with van der Waals surface area (Å²) in [4.78, 5) is 12.4. The first-order valence-corrected chi connectivity index (χ1v) is 9.70. The van der Waals surface area contributed by atoms with Crippen LogP contribution in [-0.4, -0.2) is 32.7 Å². The van der Waals surface area contributed by atoms with Gasteiger partial charge in [-0.15, -0.1) is 6.58 Å². The largest absolute Gasteiger partial charge is 0.504 e. The number of benzene rings is 2. The van der Waals surface area contributed by atoms with Crippen molar-refractivity contribution in [3.05, 3.63) is 76.7 Å². The number of phenolic OH excluding ortho intramolecular Hbond substituents is 1. The summed E-state index contributed by atoms with van der Waals surface area (Å²) in [5, 5.41) is 10.3. The van der Waals surface area contributed by atoms with Crippen LogP contribution in [0.15, 0.2) is 60.0 Å². The molecule has 0 fully saturated rings. The number of phenols is 1. The fraction of sp³-hybridized carbons (Fsp3) is 0.150. The molecule has 0 bridgehead atoms. The Morgan fingerprint density at radius 3 is 2.38 bits per heavy atom. The minimum absolute atomic E-state index is 0.110. The third kappa shape index (κ3) is 4.21. The maximum atomic E-state index is 12.7. The molecule has 1 N–H and O–H groups in total. The second-order valence-electron chi connectivity index (χ2n) is 5.65. The monoisotopic (exact) mass is 372 g/mol. The van der Waals surface area contributed by atoms with Gasteiger partial charge >= 0.3 is 0 Å². The van der Waals surface area contributed by atoms with Gasteiger partial charge in [-0.2, -0.15) is 0 Å². The summed E-state index contributed by atoms with van der Waals surface area (Å²) in [7, 11) is -2.38. The standard InChI is InChI=1S/C20H20O5S/c1-4-8-16-15(11-12-17(25-2)20(16)22)13-18(26(3,23)24)19(21)14-9-6-5-7-10-14/h4-7,9-13,22H,1,8H2,2-3H3/b18-13+. The SMILES string of the molecule is C=CCc1c(/C=C(\C(=O)c2ccccc2)S(C)(=O)=O)ccc(OC)c1O. The van der Waals surface area contributed by atoms with Gasteiger partial charge in [0.1, 0.15) is 4.91 Å². The predicted molar refractivity (Wildman–Crippen MR) is 102 cm³/mol. The van der Waals surface area contributed by atoms with E-state index in [-0.39, 0.29) is 28.4 Å². The van der Waals surface area contributed by atoms with Crippen molar-refractivity contribution in [1.29, 1.82) is 0 Å². The van der Waals surface area contributed by atoms with Crippen LogP contribution in [0.25, 0.3) is 6.08 Å². The van der Waals surface area contributed by atoms with E-state index in [1.54, 1.807) is 42.5 Å². The summed E-state index contributed by atoms with van der Waals surface area (Å²) in [5.41, 5.74) is 1.11. The third-order valence-corrected chi connectivity index (χ3v) is 4.90. The van der Waals surface area contributed by atoms with E-state index in [1.165, 1.54) is 19.3 Å². The van der Waals surface area contributed by atoms with Gasteiger partial charge in [0.2, 0.25) is 5.78 Å². The molecule has 0 saturated carbocycles. The second kappa shape index (κ2) is 8.01. The molecule has 6 heteroatoms. The normalized spacial score (nSPS) is 11.8. The van der Waals surface area contributed by atoms with Crippen molar-refractivity contribution in [3.8, 4) is 11.5 Å². The van der Waals surface area contributed by atoms with Gasteiger partial charge in [0.25, 0.3) is 0 Å². The Labute approximate surface area is 153 Å². The number of carbonyl (C=O) groups excluding carboxylic acids is 1. The molecule has 0 saturated heterocycles. The molecule has 0 radical (unpaired) electrons. The predicted octanol–water partition coefficient (Wildman–Crippen LogP) is 3.40. The zero-order chi connectivity index (χ0) is 19.3. The lowest BCUT2D eigenvalue weighted by Gasteiger charge is -2.12. The van der Waals surface area contributed by atoms with Crippen molar-refractivity contribution in [2.75, 3.05) is 13.4 Å². The number of allylic oxidation sites excluding steroid dienone is 2. The summed E-state index contributed by atoms with van der Waals surface area (Å²) in [6.07, 6.45) is 4.12.